The summed E-state index contributed by atoms with van der Waals surface area (Å²) in [6.45, 7) is 6.79. The first-order chi connectivity index (χ1) is 9.84. The van der Waals surface area contributed by atoms with Crippen LogP contribution < -0.4 is 5.32 Å². The predicted octanol–water partition coefficient (Wildman–Crippen LogP) is 3.22. The number of nitrogens with zero attached hydrogens (tertiary/aromatic N) is 1. The van der Waals surface area contributed by atoms with Crippen molar-refractivity contribution < 1.29 is 13.6 Å². The minimum absolute atomic E-state index is 0.159. The molecule has 21 heavy (non-hydrogen) atoms. The summed E-state index contributed by atoms with van der Waals surface area (Å²) in [4.78, 5) is 14.5. The summed E-state index contributed by atoms with van der Waals surface area (Å²) in [5.74, 6) is -2.27. The van der Waals surface area contributed by atoms with Gasteiger partial charge in [-0.15, -0.1) is 0 Å². The molecule has 1 aromatic rings. The normalized spacial score (nSPS) is 18.5. The van der Waals surface area contributed by atoms with E-state index in [1.807, 2.05) is 6.92 Å². The highest BCUT2D eigenvalue weighted by Gasteiger charge is 2.32. The third kappa shape index (κ3) is 3.71. The number of hydrogen-bond acceptors (Lipinski definition) is 2. The zero-order valence-corrected chi connectivity index (χ0v) is 12.9. The predicted molar refractivity (Wildman–Crippen MR) is 78.6 cm³/mol. The number of piperidine rings is 1. The van der Waals surface area contributed by atoms with Crippen molar-refractivity contribution >= 4 is 17.5 Å². The fraction of sp³-hybridized carbons (Fsp3) is 0.533. The van der Waals surface area contributed by atoms with Gasteiger partial charge in [0.05, 0.1) is 10.6 Å². The summed E-state index contributed by atoms with van der Waals surface area (Å²) in [6, 6.07) is 1.63. The third-order valence-corrected chi connectivity index (χ3v) is 4.44. The molecule has 1 N–H and O–H groups in total. The van der Waals surface area contributed by atoms with E-state index in [4.69, 9.17) is 11.6 Å². The minimum Gasteiger partial charge on any atom is -0.347 e. The zero-order valence-electron chi connectivity index (χ0n) is 12.2. The summed E-state index contributed by atoms with van der Waals surface area (Å²) in [5, 5.41) is 2.52. The van der Waals surface area contributed by atoms with Crippen molar-refractivity contribution in [1.29, 1.82) is 0 Å². The van der Waals surface area contributed by atoms with Crippen LogP contribution in [0, 0.1) is 11.6 Å². The molecule has 0 spiro atoms. The zero-order chi connectivity index (χ0) is 15.6. The topological polar surface area (TPSA) is 32.3 Å². The molecule has 1 aromatic carbocycles. The molecule has 0 bridgehead atoms. The van der Waals surface area contributed by atoms with Gasteiger partial charge < -0.3 is 10.2 Å². The molecule has 1 aliphatic rings. The number of nitrogens with one attached hydrogen (secondary N) is 1. The van der Waals surface area contributed by atoms with Gasteiger partial charge in [-0.25, -0.2) is 8.78 Å². The number of benzene rings is 1. The molecular formula is C15H19ClF2N2O. The number of amides is 1. The van der Waals surface area contributed by atoms with E-state index in [1.165, 1.54) is 0 Å². The summed E-state index contributed by atoms with van der Waals surface area (Å²) >= 11 is 5.76. The highest BCUT2D eigenvalue weighted by atomic mass is 35.5. The van der Waals surface area contributed by atoms with Gasteiger partial charge in [-0.2, -0.15) is 0 Å². The number of likely N-dealkylation sites (tertiary alicyclic amines) is 1. The molecule has 1 heterocycles. The van der Waals surface area contributed by atoms with Crippen molar-refractivity contribution in [2.75, 3.05) is 19.6 Å². The van der Waals surface area contributed by atoms with Gasteiger partial charge in [0.1, 0.15) is 11.6 Å². The molecule has 116 valence electrons. The second kappa shape index (κ2) is 6.28. The Morgan fingerprint density at radius 3 is 2.57 bits per heavy atom. The van der Waals surface area contributed by atoms with Crippen molar-refractivity contribution in [3.63, 3.8) is 0 Å². The lowest BCUT2D eigenvalue weighted by molar-refractivity contribution is 0.0838. The van der Waals surface area contributed by atoms with E-state index in [0.29, 0.717) is 6.07 Å². The van der Waals surface area contributed by atoms with Gasteiger partial charge >= 0.3 is 0 Å². The molecule has 1 aliphatic heterocycles. The van der Waals surface area contributed by atoms with E-state index in [2.05, 4.69) is 17.1 Å². The molecular weight excluding hydrogens is 298 g/mol. The van der Waals surface area contributed by atoms with Gasteiger partial charge in [0, 0.05) is 24.7 Å². The maximum Gasteiger partial charge on any atom is 0.253 e. The molecule has 0 saturated carbocycles. The lowest BCUT2D eigenvalue weighted by atomic mass is 9.89. The van der Waals surface area contributed by atoms with Crippen LogP contribution in [0.3, 0.4) is 0 Å². The molecule has 0 aromatic heterocycles. The Kier molecular flexibility index (Phi) is 4.84. The van der Waals surface area contributed by atoms with E-state index in [-0.39, 0.29) is 16.1 Å². The molecule has 1 amide bonds. The SMILES string of the molecule is CCN1CCC(C)(NC(=O)c2cc(F)cc(F)c2Cl)CC1. The molecule has 1 saturated heterocycles. The van der Waals surface area contributed by atoms with Gasteiger partial charge in [0.2, 0.25) is 0 Å². The average Bonchev–Trinajstić information content (AvgIpc) is 2.43. The van der Waals surface area contributed by atoms with Gasteiger partial charge in [-0.1, -0.05) is 18.5 Å². The summed E-state index contributed by atoms with van der Waals surface area (Å²) in [7, 11) is 0. The molecule has 3 nitrogen and oxygen atoms in total. The van der Waals surface area contributed by atoms with E-state index in [1.54, 1.807) is 0 Å². The lowest BCUT2D eigenvalue weighted by Gasteiger charge is -2.39. The lowest BCUT2D eigenvalue weighted by Crippen LogP contribution is -2.53. The van der Waals surface area contributed by atoms with Crippen molar-refractivity contribution in [2.45, 2.75) is 32.2 Å². The van der Waals surface area contributed by atoms with Crippen molar-refractivity contribution in [3.8, 4) is 0 Å². The Labute approximate surface area is 128 Å². The van der Waals surface area contributed by atoms with Gasteiger partial charge in [0.25, 0.3) is 5.91 Å². The Bertz CT molecular complexity index is 543. The molecule has 0 atom stereocenters. The van der Waals surface area contributed by atoms with E-state index >= 15 is 0 Å². The first-order valence-corrected chi connectivity index (χ1v) is 7.42. The molecule has 1 fully saturated rings. The van der Waals surface area contributed by atoms with Gasteiger partial charge in [0.15, 0.2) is 0 Å². The summed E-state index contributed by atoms with van der Waals surface area (Å²) in [5.41, 5.74) is -0.539. The smallest absolute Gasteiger partial charge is 0.253 e. The van der Waals surface area contributed by atoms with Crippen molar-refractivity contribution in [2.24, 2.45) is 0 Å². The first kappa shape index (κ1) is 16.2. The Hall–Kier alpha value is -1.20. The number of carbonyl (C=O) groups excluding carboxylic acids is 1. The maximum atomic E-state index is 13.4. The van der Waals surface area contributed by atoms with E-state index in [0.717, 1.165) is 38.5 Å². The standard InChI is InChI=1S/C15H19ClF2N2O/c1-3-20-6-4-15(2,5-7-20)19-14(21)11-8-10(17)9-12(18)13(11)16/h8-9H,3-7H2,1-2H3,(H,19,21). The van der Waals surface area contributed by atoms with Crippen molar-refractivity contribution in [1.82, 2.24) is 10.2 Å². The summed E-state index contributed by atoms with van der Waals surface area (Å²) < 4.78 is 26.7. The highest BCUT2D eigenvalue weighted by Crippen LogP contribution is 2.25. The third-order valence-electron chi connectivity index (χ3n) is 4.06. The largest absolute Gasteiger partial charge is 0.347 e. The van der Waals surface area contributed by atoms with Crippen LogP contribution in [0.4, 0.5) is 8.78 Å². The van der Waals surface area contributed by atoms with Crippen LogP contribution in [0.5, 0.6) is 0 Å². The molecule has 0 aliphatic carbocycles. The fourth-order valence-corrected chi connectivity index (χ4v) is 2.75. The number of carbonyl (C=O) groups is 1. The molecule has 2 rings (SSSR count). The Morgan fingerprint density at radius 1 is 1.38 bits per heavy atom. The van der Waals surface area contributed by atoms with Crippen LogP contribution in [-0.2, 0) is 0 Å². The first-order valence-electron chi connectivity index (χ1n) is 7.04. The Balaban J connectivity index is 2.12. The van der Waals surface area contributed by atoms with Crippen LogP contribution in [0.15, 0.2) is 12.1 Å². The van der Waals surface area contributed by atoms with E-state index in [9.17, 15) is 13.6 Å². The van der Waals surface area contributed by atoms with Crippen LogP contribution in [0.1, 0.15) is 37.0 Å². The van der Waals surface area contributed by atoms with Crippen LogP contribution in [0.2, 0.25) is 5.02 Å². The average molecular weight is 317 g/mol. The number of hydrogen-bond donors (Lipinski definition) is 1. The number of halogens is 3. The molecule has 0 unspecified atom stereocenters. The van der Waals surface area contributed by atoms with Gasteiger partial charge in [-0.05, 0) is 32.4 Å². The second-order valence-corrected chi connectivity index (χ2v) is 6.08. The fourth-order valence-electron chi connectivity index (χ4n) is 2.55. The number of rotatable bonds is 3. The quantitative estimate of drug-likeness (QED) is 0.868. The highest BCUT2D eigenvalue weighted by molar-refractivity contribution is 6.34. The molecule has 6 heteroatoms. The maximum absolute atomic E-state index is 13.4. The van der Waals surface area contributed by atoms with Crippen LogP contribution in [0.25, 0.3) is 0 Å². The second-order valence-electron chi connectivity index (χ2n) is 5.70. The van der Waals surface area contributed by atoms with Gasteiger partial charge in [-0.3, -0.25) is 4.79 Å². The summed E-state index contributed by atoms with van der Waals surface area (Å²) in [6.07, 6.45) is 1.59. The van der Waals surface area contributed by atoms with Crippen LogP contribution in [-0.4, -0.2) is 36.0 Å². The monoisotopic (exact) mass is 316 g/mol. The van der Waals surface area contributed by atoms with Crippen molar-refractivity contribution in [3.05, 3.63) is 34.4 Å². The minimum atomic E-state index is -0.923. The molecule has 0 radical (unpaired) electrons. The Morgan fingerprint density at radius 2 is 2.00 bits per heavy atom. The van der Waals surface area contributed by atoms with E-state index < -0.39 is 17.5 Å². The van der Waals surface area contributed by atoms with Crippen LogP contribution >= 0.6 is 11.6 Å².